The number of carbonyl (C=O) groups is 1. The number of nitrogens with zero attached hydrogens (tertiary/aromatic N) is 3. The van der Waals surface area contributed by atoms with Crippen molar-refractivity contribution in [2.45, 2.75) is 26.2 Å². The number of hydrogen-bond acceptors (Lipinski definition) is 6. The summed E-state index contributed by atoms with van der Waals surface area (Å²) in [5.74, 6) is 1.03. The van der Waals surface area contributed by atoms with Crippen LogP contribution in [-0.4, -0.2) is 25.7 Å². The summed E-state index contributed by atoms with van der Waals surface area (Å²) in [4.78, 5) is 32.8. The Bertz CT molecular complexity index is 1170. The highest BCUT2D eigenvalue weighted by atomic mass is 32.1. The highest BCUT2D eigenvalue weighted by Crippen LogP contribution is 2.24. The minimum absolute atomic E-state index is 0.0630. The third kappa shape index (κ3) is 4.19. The summed E-state index contributed by atoms with van der Waals surface area (Å²) in [6, 6.07) is 10.5. The van der Waals surface area contributed by atoms with Gasteiger partial charge in [-0.1, -0.05) is 19.9 Å². The first-order valence-electron chi connectivity index (χ1n) is 9.07. The fourth-order valence-corrected chi connectivity index (χ4v) is 3.50. The number of furan rings is 1. The maximum Gasteiger partial charge on any atom is 0.252 e. The molecule has 0 bridgehead atoms. The van der Waals surface area contributed by atoms with Crippen molar-refractivity contribution in [3.8, 4) is 17.4 Å². The van der Waals surface area contributed by atoms with Crippen molar-refractivity contribution in [2.75, 3.05) is 5.32 Å². The molecule has 0 aliphatic rings. The molecule has 0 unspecified atom stereocenters. The molecule has 0 aliphatic heterocycles. The zero-order valence-corrected chi connectivity index (χ0v) is 16.7. The molecule has 148 valence electrons. The van der Waals surface area contributed by atoms with Gasteiger partial charge in [0.15, 0.2) is 5.76 Å². The number of H-pyrrole nitrogens is 1. The minimum Gasteiger partial charge on any atom is -0.463 e. The third-order valence-electron chi connectivity index (χ3n) is 4.21. The maximum absolute atomic E-state index is 12.5. The predicted molar refractivity (Wildman–Crippen MR) is 110 cm³/mol. The second kappa shape index (κ2) is 7.88. The molecule has 0 saturated carbocycles. The van der Waals surface area contributed by atoms with Crippen LogP contribution in [0, 0.1) is 0 Å². The second-order valence-corrected chi connectivity index (χ2v) is 7.79. The van der Waals surface area contributed by atoms with Crippen molar-refractivity contribution in [1.82, 2.24) is 19.7 Å². The van der Waals surface area contributed by atoms with Crippen LogP contribution < -0.4 is 10.9 Å². The lowest BCUT2D eigenvalue weighted by atomic mass is 10.1. The maximum atomic E-state index is 12.5. The summed E-state index contributed by atoms with van der Waals surface area (Å²) in [5.41, 5.74) is 0.860. The Balaban J connectivity index is 1.74. The van der Waals surface area contributed by atoms with Crippen molar-refractivity contribution in [3.63, 3.8) is 0 Å². The standard InChI is InChI=1S/C20H19N5O3S/c1-12(2)14-11-19(27)23-20(21-14)25-17(10-15(24-25)16-6-3-7-28-16)22-18(26)9-13-5-4-8-29-13/h3-8,10-12H,9H2,1-2H3,(H,22,26)(H,21,23,27). The number of carbonyl (C=O) groups excluding carboxylic acids is 1. The van der Waals surface area contributed by atoms with Gasteiger partial charge in [0.05, 0.1) is 18.4 Å². The largest absolute Gasteiger partial charge is 0.463 e. The van der Waals surface area contributed by atoms with E-state index in [1.54, 1.807) is 24.5 Å². The predicted octanol–water partition coefficient (Wildman–Crippen LogP) is 3.58. The Morgan fingerprint density at radius 2 is 2.17 bits per heavy atom. The SMILES string of the molecule is CC(C)c1cc(=O)[nH]c(-n2nc(-c3ccco3)cc2NC(=O)Cc2cccs2)n1. The molecule has 4 rings (SSSR count). The Labute approximate surface area is 170 Å². The molecule has 9 heteroatoms. The van der Waals surface area contributed by atoms with Gasteiger partial charge in [0.2, 0.25) is 11.9 Å². The van der Waals surface area contributed by atoms with E-state index in [9.17, 15) is 9.59 Å². The van der Waals surface area contributed by atoms with Crippen LogP contribution in [0.1, 0.15) is 30.3 Å². The van der Waals surface area contributed by atoms with Gasteiger partial charge in [-0.3, -0.25) is 14.6 Å². The van der Waals surface area contributed by atoms with Gasteiger partial charge < -0.3 is 9.73 Å². The van der Waals surface area contributed by atoms with Crippen LogP contribution >= 0.6 is 11.3 Å². The molecule has 1 amide bonds. The van der Waals surface area contributed by atoms with Crippen LogP contribution in [0.15, 0.2) is 57.3 Å². The van der Waals surface area contributed by atoms with Crippen molar-refractivity contribution >= 4 is 23.1 Å². The average Bonchev–Trinajstić information content (AvgIpc) is 3.42. The highest BCUT2D eigenvalue weighted by molar-refractivity contribution is 7.10. The van der Waals surface area contributed by atoms with Gasteiger partial charge in [-0.15, -0.1) is 11.3 Å². The Morgan fingerprint density at radius 1 is 1.31 bits per heavy atom. The van der Waals surface area contributed by atoms with Crippen LogP contribution in [0.2, 0.25) is 0 Å². The number of thiophene rings is 1. The van der Waals surface area contributed by atoms with Gasteiger partial charge in [-0.2, -0.15) is 9.78 Å². The molecule has 0 radical (unpaired) electrons. The summed E-state index contributed by atoms with van der Waals surface area (Å²) in [6.45, 7) is 3.90. The van der Waals surface area contributed by atoms with E-state index in [0.717, 1.165) is 4.88 Å². The van der Waals surface area contributed by atoms with E-state index in [4.69, 9.17) is 4.42 Å². The molecule has 29 heavy (non-hydrogen) atoms. The third-order valence-corrected chi connectivity index (χ3v) is 5.08. The van der Waals surface area contributed by atoms with Crippen LogP contribution in [-0.2, 0) is 11.2 Å². The topological polar surface area (TPSA) is 106 Å². The van der Waals surface area contributed by atoms with E-state index in [1.165, 1.54) is 22.1 Å². The molecule has 0 spiro atoms. The Kier molecular flexibility index (Phi) is 5.13. The summed E-state index contributed by atoms with van der Waals surface area (Å²) in [7, 11) is 0. The van der Waals surface area contributed by atoms with Crippen molar-refractivity contribution in [1.29, 1.82) is 0 Å². The number of amides is 1. The van der Waals surface area contributed by atoms with Gasteiger partial charge in [0, 0.05) is 17.0 Å². The summed E-state index contributed by atoms with van der Waals surface area (Å²) in [5, 5.41) is 9.28. The fraction of sp³-hybridized carbons (Fsp3) is 0.200. The molecular weight excluding hydrogens is 390 g/mol. The Morgan fingerprint density at radius 3 is 2.86 bits per heavy atom. The molecule has 4 aromatic heterocycles. The lowest BCUT2D eigenvalue weighted by Gasteiger charge is -2.10. The first-order chi connectivity index (χ1) is 14.0. The first kappa shape index (κ1) is 18.9. The summed E-state index contributed by atoms with van der Waals surface area (Å²) in [6.07, 6.45) is 1.79. The van der Waals surface area contributed by atoms with Crippen LogP contribution in [0.25, 0.3) is 17.4 Å². The zero-order chi connectivity index (χ0) is 20.4. The molecule has 8 nitrogen and oxygen atoms in total. The van der Waals surface area contributed by atoms with E-state index >= 15 is 0 Å². The van der Waals surface area contributed by atoms with E-state index in [2.05, 4.69) is 20.4 Å². The summed E-state index contributed by atoms with van der Waals surface area (Å²) < 4.78 is 6.83. The van der Waals surface area contributed by atoms with Crippen molar-refractivity contribution in [3.05, 3.63) is 69.0 Å². The lowest BCUT2D eigenvalue weighted by Crippen LogP contribution is -2.20. The first-order valence-corrected chi connectivity index (χ1v) is 9.95. The van der Waals surface area contributed by atoms with E-state index < -0.39 is 0 Å². The number of rotatable bonds is 6. The number of aromatic amines is 1. The van der Waals surface area contributed by atoms with Gasteiger partial charge in [0.25, 0.3) is 5.56 Å². The minimum atomic E-state index is -0.287. The smallest absolute Gasteiger partial charge is 0.252 e. The highest BCUT2D eigenvalue weighted by Gasteiger charge is 2.18. The molecule has 0 aromatic carbocycles. The van der Waals surface area contributed by atoms with Gasteiger partial charge in [-0.05, 0) is 29.5 Å². The molecule has 0 fully saturated rings. The fourth-order valence-electron chi connectivity index (χ4n) is 2.79. The molecule has 4 aromatic rings. The zero-order valence-electron chi connectivity index (χ0n) is 15.9. The van der Waals surface area contributed by atoms with Gasteiger partial charge in [-0.25, -0.2) is 4.98 Å². The molecule has 0 aliphatic carbocycles. The number of aromatic nitrogens is 4. The quantitative estimate of drug-likeness (QED) is 0.506. The second-order valence-electron chi connectivity index (χ2n) is 6.76. The van der Waals surface area contributed by atoms with Gasteiger partial charge in [0.1, 0.15) is 11.5 Å². The van der Waals surface area contributed by atoms with Gasteiger partial charge >= 0.3 is 0 Å². The Hall–Kier alpha value is -3.46. The molecule has 2 N–H and O–H groups in total. The molecule has 4 heterocycles. The molecular formula is C20H19N5O3S. The van der Waals surface area contributed by atoms with Crippen molar-refractivity contribution in [2.24, 2.45) is 0 Å². The average molecular weight is 409 g/mol. The van der Waals surface area contributed by atoms with Crippen LogP contribution in [0.4, 0.5) is 5.82 Å². The molecule has 0 atom stereocenters. The van der Waals surface area contributed by atoms with E-state index in [-0.39, 0.29) is 29.8 Å². The van der Waals surface area contributed by atoms with Crippen LogP contribution in [0.5, 0.6) is 0 Å². The number of anilines is 1. The van der Waals surface area contributed by atoms with E-state index in [1.807, 2.05) is 31.4 Å². The lowest BCUT2D eigenvalue weighted by molar-refractivity contribution is -0.115. The normalized spacial score (nSPS) is 11.1. The summed E-state index contributed by atoms with van der Waals surface area (Å²) >= 11 is 1.51. The molecule has 0 saturated heterocycles. The number of nitrogens with one attached hydrogen (secondary N) is 2. The van der Waals surface area contributed by atoms with E-state index in [0.29, 0.717) is 23.0 Å². The number of hydrogen-bond donors (Lipinski definition) is 2. The van der Waals surface area contributed by atoms with Crippen LogP contribution in [0.3, 0.4) is 0 Å². The van der Waals surface area contributed by atoms with Crippen molar-refractivity contribution < 1.29 is 9.21 Å². The monoisotopic (exact) mass is 409 g/mol.